The average molecular weight is 278 g/mol. The van der Waals surface area contributed by atoms with Crippen LogP contribution in [0.5, 0.6) is 0 Å². The van der Waals surface area contributed by atoms with E-state index < -0.39 is 0 Å². The van der Waals surface area contributed by atoms with Crippen LogP contribution in [-0.2, 0) is 4.74 Å². The van der Waals surface area contributed by atoms with E-state index in [1.54, 1.807) is 0 Å². The second kappa shape index (κ2) is 7.43. The summed E-state index contributed by atoms with van der Waals surface area (Å²) >= 11 is 0. The Morgan fingerprint density at radius 2 is 2.05 bits per heavy atom. The van der Waals surface area contributed by atoms with Gasteiger partial charge in [0.2, 0.25) is 0 Å². The molecule has 2 rings (SSSR count). The van der Waals surface area contributed by atoms with Crippen LogP contribution in [0.4, 0.5) is 11.6 Å². The predicted octanol–water partition coefficient (Wildman–Crippen LogP) is 2.87. The molecule has 0 bridgehead atoms. The molecule has 1 aliphatic heterocycles. The number of ether oxygens (including phenoxy) is 1. The molecule has 2 heterocycles. The fraction of sp³-hybridized carbons (Fsp3) is 0.733. The molecule has 1 atom stereocenters. The van der Waals surface area contributed by atoms with Crippen LogP contribution >= 0.6 is 0 Å². The minimum atomic E-state index is 0.328. The normalized spacial score (nSPS) is 18.5. The average Bonchev–Trinajstić information content (AvgIpc) is 2.96. The number of hydrogen-bond acceptors (Lipinski definition) is 5. The summed E-state index contributed by atoms with van der Waals surface area (Å²) in [6.07, 6.45) is 2.22. The van der Waals surface area contributed by atoms with Crippen LogP contribution in [0.2, 0.25) is 0 Å². The van der Waals surface area contributed by atoms with Crippen molar-refractivity contribution >= 4 is 11.6 Å². The second-order valence-electron chi connectivity index (χ2n) is 5.69. The molecule has 1 fully saturated rings. The Bertz CT molecular complexity index is 416. The first-order valence-electron chi connectivity index (χ1n) is 7.63. The van der Waals surface area contributed by atoms with Gasteiger partial charge in [0, 0.05) is 37.6 Å². The molecule has 1 unspecified atom stereocenters. The topological polar surface area (TPSA) is 59.1 Å². The van der Waals surface area contributed by atoms with E-state index in [2.05, 4.69) is 41.4 Å². The van der Waals surface area contributed by atoms with E-state index in [0.29, 0.717) is 11.8 Å². The van der Waals surface area contributed by atoms with Gasteiger partial charge in [-0.15, -0.1) is 0 Å². The summed E-state index contributed by atoms with van der Waals surface area (Å²) in [5, 5.41) is 6.77. The number of nitrogens with one attached hydrogen (secondary N) is 2. The van der Waals surface area contributed by atoms with E-state index in [0.717, 1.165) is 56.6 Å². The highest BCUT2D eigenvalue weighted by molar-refractivity contribution is 5.47. The third kappa shape index (κ3) is 4.34. The first-order chi connectivity index (χ1) is 9.69. The van der Waals surface area contributed by atoms with Gasteiger partial charge in [-0.3, -0.25) is 0 Å². The first kappa shape index (κ1) is 15.0. The van der Waals surface area contributed by atoms with Gasteiger partial charge in [-0.25, -0.2) is 9.97 Å². The summed E-state index contributed by atoms with van der Waals surface area (Å²) in [6.45, 7) is 9.98. The monoisotopic (exact) mass is 278 g/mol. The fourth-order valence-electron chi connectivity index (χ4n) is 2.15. The largest absolute Gasteiger partial charge is 0.381 e. The van der Waals surface area contributed by atoms with E-state index in [1.807, 2.05) is 6.07 Å². The first-order valence-corrected chi connectivity index (χ1v) is 7.63. The lowest BCUT2D eigenvalue weighted by Gasteiger charge is -2.14. The number of nitrogens with zero attached hydrogens (tertiary/aromatic N) is 2. The van der Waals surface area contributed by atoms with Crippen LogP contribution in [0, 0.1) is 5.92 Å². The van der Waals surface area contributed by atoms with Crippen LogP contribution in [0.3, 0.4) is 0 Å². The number of hydrogen-bond donors (Lipinski definition) is 2. The Labute approximate surface area is 121 Å². The van der Waals surface area contributed by atoms with E-state index in [9.17, 15) is 0 Å². The Kier molecular flexibility index (Phi) is 5.59. The van der Waals surface area contributed by atoms with Gasteiger partial charge >= 0.3 is 0 Å². The Morgan fingerprint density at radius 3 is 2.65 bits per heavy atom. The predicted molar refractivity (Wildman–Crippen MR) is 82.3 cm³/mol. The van der Waals surface area contributed by atoms with Gasteiger partial charge in [0.25, 0.3) is 0 Å². The van der Waals surface area contributed by atoms with Crippen molar-refractivity contribution in [3.8, 4) is 0 Å². The molecule has 1 saturated heterocycles. The van der Waals surface area contributed by atoms with Crippen molar-refractivity contribution in [1.29, 1.82) is 0 Å². The summed E-state index contributed by atoms with van der Waals surface area (Å²) in [7, 11) is 0. The SMILES string of the molecule is CCCNc1cc(NCC2CCOC2)nc(C(C)C)n1. The van der Waals surface area contributed by atoms with Crippen LogP contribution in [0.25, 0.3) is 0 Å². The summed E-state index contributed by atoms with van der Waals surface area (Å²) in [4.78, 5) is 9.16. The van der Waals surface area contributed by atoms with E-state index in [4.69, 9.17) is 4.74 Å². The minimum absolute atomic E-state index is 0.328. The molecule has 0 aromatic carbocycles. The van der Waals surface area contributed by atoms with Crippen molar-refractivity contribution in [3.05, 3.63) is 11.9 Å². The van der Waals surface area contributed by atoms with E-state index in [-0.39, 0.29) is 0 Å². The molecule has 5 nitrogen and oxygen atoms in total. The maximum Gasteiger partial charge on any atom is 0.135 e. The zero-order chi connectivity index (χ0) is 14.4. The molecule has 0 aliphatic carbocycles. The highest BCUT2D eigenvalue weighted by Gasteiger charge is 2.16. The van der Waals surface area contributed by atoms with Crippen LogP contribution < -0.4 is 10.6 Å². The van der Waals surface area contributed by atoms with Crippen LogP contribution in [-0.4, -0.2) is 36.3 Å². The van der Waals surface area contributed by atoms with Gasteiger partial charge in [-0.2, -0.15) is 0 Å². The molecular weight excluding hydrogens is 252 g/mol. The molecule has 1 aliphatic rings. The molecule has 112 valence electrons. The van der Waals surface area contributed by atoms with Gasteiger partial charge in [0.15, 0.2) is 0 Å². The molecule has 2 N–H and O–H groups in total. The summed E-state index contributed by atoms with van der Waals surface area (Å²) < 4.78 is 5.40. The molecule has 0 amide bonds. The third-order valence-electron chi connectivity index (χ3n) is 3.41. The highest BCUT2D eigenvalue weighted by atomic mass is 16.5. The van der Waals surface area contributed by atoms with Crippen molar-refractivity contribution in [1.82, 2.24) is 9.97 Å². The van der Waals surface area contributed by atoms with Gasteiger partial charge in [0.1, 0.15) is 17.5 Å². The van der Waals surface area contributed by atoms with Gasteiger partial charge in [-0.1, -0.05) is 20.8 Å². The lowest BCUT2D eigenvalue weighted by molar-refractivity contribution is 0.187. The van der Waals surface area contributed by atoms with E-state index >= 15 is 0 Å². The highest BCUT2D eigenvalue weighted by Crippen LogP contribution is 2.18. The maximum absolute atomic E-state index is 5.40. The van der Waals surface area contributed by atoms with Crippen LogP contribution in [0.1, 0.15) is 45.4 Å². The number of anilines is 2. The summed E-state index contributed by atoms with van der Waals surface area (Å²) in [5.74, 6) is 3.63. The number of aromatic nitrogens is 2. The lowest BCUT2D eigenvalue weighted by atomic mass is 10.1. The van der Waals surface area contributed by atoms with Crippen molar-refractivity contribution in [2.45, 2.75) is 39.5 Å². The van der Waals surface area contributed by atoms with Gasteiger partial charge in [-0.05, 0) is 12.8 Å². The zero-order valence-corrected chi connectivity index (χ0v) is 12.8. The standard InChI is InChI=1S/C15H26N4O/c1-4-6-16-13-8-14(19-15(18-13)11(2)3)17-9-12-5-7-20-10-12/h8,11-12H,4-7,9-10H2,1-3H3,(H2,16,17,18,19). The van der Waals surface area contributed by atoms with Crippen molar-refractivity contribution < 1.29 is 4.74 Å². The summed E-state index contributed by atoms with van der Waals surface area (Å²) in [6, 6.07) is 2.00. The third-order valence-corrected chi connectivity index (χ3v) is 3.41. The molecule has 1 aromatic rings. The second-order valence-corrected chi connectivity index (χ2v) is 5.69. The Balaban J connectivity index is 2.02. The van der Waals surface area contributed by atoms with E-state index in [1.165, 1.54) is 0 Å². The van der Waals surface area contributed by atoms with Crippen molar-refractivity contribution in [2.24, 2.45) is 5.92 Å². The quantitative estimate of drug-likeness (QED) is 0.803. The molecule has 0 spiro atoms. The lowest BCUT2D eigenvalue weighted by Crippen LogP contribution is -2.16. The summed E-state index contributed by atoms with van der Waals surface area (Å²) in [5.41, 5.74) is 0. The molecule has 20 heavy (non-hydrogen) atoms. The van der Waals surface area contributed by atoms with Crippen LogP contribution in [0.15, 0.2) is 6.07 Å². The minimum Gasteiger partial charge on any atom is -0.381 e. The van der Waals surface area contributed by atoms with Gasteiger partial charge in [0.05, 0.1) is 6.61 Å². The van der Waals surface area contributed by atoms with Crippen molar-refractivity contribution in [2.75, 3.05) is 36.9 Å². The number of rotatable bonds is 7. The molecule has 1 aromatic heterocycles. The smallest absolute Gasteiger partial charge is 0.135 e. The van der Waals surface area contributed by atoms with Crippen molar-refractivity contribution in [3.63, 3.8) is 0 Å². The Hall–Kier alpha value is -1.36. The zero-order valence-electron chi connectivity index (χ0n) is 12.8. The maximum atomic E-state index is 5.40. The molecule has 5 heteroatoms. The fourth-order valence-corrected chi connectivity index (χ4v) is 2.15. The molecular formula is C15H26N4O. The molecule has 0 saturated carbocycles. The van der Waals surface area contributed by atoms with Gasteiger partial charge < -0.3 is 15.4 Å². The molecule has 0 radical (unpaired) electrons. The Morgan fingerprint density at radius 1 is 1.30 bits per heavy atom.